The molecule has 1 aliphatic carbocycles. The quantitative estimate of drug-likeness (QED) is 0.685. The van der Waals surface area contributed by atoms with Crippen LogP contribution in [0.1, 0.15) is 19.3 Å². The lowest BCUT2D eigenvalue weighted by Crippen LogP contribution is -2.21. The average Bonchev–Trinajstić information content (AvgIpc) is 3.49. The molecule has 148 valence electrons. The number of carbonyl (C=O) groups excluding carboxylic acids is 1. The van der Waals surface area contributed by atoms with Crippen molar-refractivity contribution in [3.05, 3.63) is 47.7 Å². The molecule has 2 fully saturated rings. The van der Waals surface area contributed by atoms with Gasteiger partial charge in [-0.25, -0.2) is 4.98 Å². The Labute approximate surface area is 173 Å². The second-order valence-corrected chi connectivity index (χ2v) is 8.18. The number of hydrogen-bond donors (Lipinski definition) is 2. The minimum absolute atomic E-state index is 0.0408. The van der Waals surface area contributed by atoms with Crippen LogP contribution in [0.3, 0.4) is 0 Å². The molecule has 3 heterocycles. The number of pyridine rings is 2. The van der Waals surface area contributed by atoms with Gasteiger partial charge in [0.05, 0.1) is 22.3 Å². The van der Waals surface area contributed by atoms with Crippen molar-refractivity contribution >= 4 is 39.9 Å². The highest BCUT2D eigenvalue weighted by atomic mass is 35.5. The Hall–Kier alpha value is -2.70. The minimum Gasteiger partial charge on any atom is -0.391 e. The van der Waals surface area contributed by atoms with Gasteiger partial charge >= 0.3 is 0 Å². The summed E-state index contributed by atoms with van der Waals surface area (Å²) in [4.78, 5) is 22.9. The number of amides is 1. The molecule has 2 aliphatic rings. The zero-order valence-electron chi connectivity index (χ0n) is 15.8. The average molecular weight is 409 g/mol. The van der Waals surface area contributed by atoms with Gasteiger partial charge < -0.3 is 15.3 Å². The number of β-amino-alcohol motifs (C(OH)–C–C–N with tert-alkyl or cyclic N) is 1. The van der Waals surface area contributed by atoms with E-state index < -0.39 is 0 Å². The predicted molar refractivity (Wildman–Crippen MR) is 114 cm³/mol. The molecule has 7 heteroatoms. The van der Waals surface area contributed by atoms with E-state index in [0.717, 1.165) is 53.5 Å². The zero-order valence-corrected chi connectivity index (χ0v) is 16.6. The molecule has 0 bridgehead atoms. The number of benzene rings is 1. The topological polar surface area (TPSA) is 78.4 Å². The summed E-state index contributed by atoms with van der Waals surface area (Å²) >= 11 is 6.50. The van der Waals surface area contributed by atoms with Gasteiger partial charge in [0.2, 0.25) is 5.91 Å². The van der Waals surface area contributed by atoms with Gasteiger partial charge in [-0.05, 0) is 54.7 Å². The molecule has 0 unspecified atom stereocenters. The SMILES string of the molecule is O=C(Nc1cc(-c2ccc3ncc(Cl)c(N4CC[C@H](O)C4)c3c2)ccn1)C1CC1. The van der Waals surface area contributed by atoms with Gasteiger partial charge in [0.1, 0.15) is 5.82 Å². The molecule has 2 N–H and O–H groups in total. The van der Waals surface area contributed by atoms with Gasteiger partial charge in [-0.15, -0.1) is 0 Å². The third-order valence-electron chi connectivity index (χ3n) is 5.57. The molecule has 0 spiro atoms. The second-order valence-electron chi connectivity index (χ2n) is 7.77. The van der Waals surface area contributed by atoms with Gasteiger partial charge in [0, 0.05) is 36.8 Å². The van der Waals surface area contributed by atoms with Gasteiger partial charge in [0.15, 0.2) is 0 Å². The molecule has 29 heavy (non-hydrogen) atoms. The van der Waals surface area contributed by atoms with Crippen molar-refractivity contribution in [1.29, 1.82) is 0 Å². The predicted octanol–water partition coefficient (Wildman–Crippen LogP) is 3.87. The van der Waals surface area contributed by atoms with E-state index in [1.807, 2.05) is 24.3 Å². The minimum atomic E-state index is -0.338. The van der Waals surface area contributed by atoms with Crippen LogP contribution in [0.2, 0.25) is 5.02 Å². The Bertz CT molecular complexity index is 1100. The van der Waals surface area contributed by atoms with E-state index in [0.29, 0.717) is 17.4 Å². The molecule has 1 amide bonds. The highest BCUT2D eigenvalue weighted by molar-refractivity contribution is 6.34. The highest BCUT2D eigenvalue weighted by Crippen LogP contribution is 2.37. The molecule has 1 saturated carbocycles. The third-order valence-corrected chi connectivity index (χ3v) is 5.84. The molecule has 1 aromatic carbocycles. The Morgan fingerprint density at radius 1 is 1.14 bits per heavy atom. The first-order valence-electron chi connectivity index (χ1n) is 9.87. The van der Waals surface area contributed by atoms with Crippen molar-refractivity contribution in [2.45, 2.75) is 25.4 Å². The van der Waals surface area contributed by atoms with Crippen molar-refractivity contribution in [1.82, 2.24) is 9.97 Å². The van der Waals surface area contributed by atoms with Crippen LogP contribution in [0.25, 0.3) is 22.0 Å². The van der Waals surface area contributed by atoms with E-state index in [4.69, 9.17) is 11.6 Å². The van der Waals surface area contributed by atoms with Crippen LogP contribution in [0.15, 0.2) is 42.7 Å². The van der Waals surface area contributed by atoms with Crippen LogP contribution in [0.4, 0.5) is 11.5 Å². The number of aromatic nitrogens is 2. The number of hydrogen-bond acceptors (Lipinski definition) is 5. The fraction of sp³-hybridized carbons (Fsp3) is 0.318. The van der Waals surface area contributed by atoms with E-state index >= 15 is 0 Å². The van der Waals surface area contributed by atoms with Gasteiger partial charge in [-0.2, -0.15) is 0 Å². The zero-order chi connectivity index (χ0) is 20.0. The van der Waals surface area contributed by atoms with Crippen molar-refractivity contribution < 1.29 is 9.90 Å². The number of carbonyl (C=O) groups is 1. The fourth-order valence-corrected chi connectivity index (χ4v) is 4.12. The number of halogens is 1. The van der Waals surface area contributed by atoms with E-state index in [1.165, 1.54) is 0 Å². The monoisotopic (exact) mass is 408 g/mol. The van der Waals surface area contributed by atoms with Crippen molar-refractivity contribution in [2.24, 2.45) is 5.92 Å². The molecule has 3 aromatic rings. The lowest BCUT2D eigenvalue weighted by Gasteiger charge is -2.21. The number of aliphatic hydroxyl groups excluding tert-OH is 1. The van der Waals surface area contributed by atoms with Crippen LogP contribution in [0, 0.1) is 5.92 Å². The lowest BCUT2D eigenvalue weighted by molar-refractivity contribution is -0.117. The van der Waals surface area contributed by atoms with E-state index in [1.54, 1.807) is 12.4 Å². The normalized spacial score (nSPS) is 19.0. The Kier molecular flexibility index (Phi) is 4.60. The summed E-state index contributed by atoms with van der Waals surface area (Å²) in [5.74, 6) is 0.735. The van der Waals surface area contributed by atoms with E-state index in [-0.39, 0.29) is 17.9 Å². The van der Waals surface area contributed by atoms with Crippen LogP contribution < -0.4 is 10.2 Å². The van der Waals surface area contributed by atoms with Gasteiger partial charge in [-0.3, -0.25) is 9.78 Å². The number of nitrogens with one attached hydrogen (secondary N) is 1. The summed E-state index contributed by atoms with van der Waals surface area (Å²) in [6.45, 7) is 1.33. The number of aliphatic hydroxyl groups is 1. The molecule has 1 saturated heterocycles. The number of nitrogens with zero attached hydrogens (tertiary/aromatic N) is 3. The van der Waals surface area contributed by atoms with Crippen LogP contribution in [-0.2, 0) is 4.79 Å². The number of fused-ring (bicyclic) bond motifs is 1. The molecule has 0 radical (unpaired) electrons. The first-order valence-corrected chi connectivity index (χ1v) is 10.2. The van der Waals surface area contributed by atoms with Gasteiger partial charge in [0.25, 0.3) is 0 Å². The molecule has 1 atom stereocenters. The maximum atomic E-state index is 12.1. The van der Waals surface area contributed by atoms with Crippen molar-refractivity contribution in [3.63, 3.8) is 0 Å². The molecular formula is C22H21ClN4O2. The largest absolute Gasteiger partial charge is 0.391 e. The van der Waals surface area contributed by atoms with Crippen LogP contribution >= 0.6 is 11.6 Å². The van der Waals surface area contributed by atoms with Crippen molar-refractivity contribution in [3.8, 4) is 11.1 Å². The summed E-state index contributed by atoms with van der Waals surface area (Å²) in [5, 5.41) is 14.4. The van der Waals surface area contributed by atoms with Crippen molar-refractivity contribution in [2.75, 3.05) is 23.3 Å². The molecular weight excluding hydrogens is 388 g/mol. The van der Waals surface area contributed by atoms with E-state index in [9.17, 15) is 9.90 Å². The Morgan fingerprint density at radius 2 is 1.97 bits per heavy atom. The molecule has 5 rings (SSSR count). The Balaban J connectivity index is 1.53. The molecule has 1 aliphatic heterocycles. The summed E-state index contributed by atoms with van der Waals surface area (Å²) in [5.41, 5.74) is 3.71. The second kappa shape index (κ2) is 7.28. The Morgan fingerprint density at radius 3 is 2.72 bits per heavy atom. The fourth-order valence-electron chi connectivity index (χ4n) is 3.85. The first kappa shape index (κ1) is 18.3. The summed E-state index contributed by atoms with van der Waals surface area (Å²) in [6.07, 6.45) is 5.68. The van der Waals surface area contributed by atoms with Crippen LogP contribution in [-0.4, -0.2) is 40.2 Å². The number of rotatable bonds is 4. The lowest BCUT2D eigenvalue weighted by atomic mass is 10.0. The molecule has 6 nitrogen and oxygen atoms in total. The van der Waals surface area contributed by atoms with Gasteiger partial charge in [-0.1, -0.05) is 17.7 Å². The standard InChI is InChI=1S/C22H21ClN4O2/c23-18-11-25-19-4-3-14(9-17(19)21(18)27-8-6-16(28)12-27)15-5-7-24-20(10-15)26-22(29)13-1-2-13/h3-5,7,9-11,13,16,28H,1-2,6,8,12H2,(H,24,26,29)/t16-/m0/s1. The van der Waals surface area contributed by atoms with Crippen LogP contribution in [0.5, 0.6) is 0 Å². The third kappa shape index (κ3) is 3.66. The highest BCUT2D eigenvalue weighted by Gasteiger charge is 2.30. The first-order chi connectivity index (χ1) is 14.1. The molecule has 2 aromatic heterocycles. The summed E-state index contributed by atoms with van der Waals surface area (Å²) in [6, 6.07) is 9.85. The maximum absolute atomic E-state index is 12.1. The summed E-state index contributed by atoms with van der Waals surface area (Å²) in [7, 11) is 0. The van der Waals surface area contributed by atoms with E-state index in [2.05, 4.69) is 26.3 Å². The maximum Gasteiger partial charge on any atom is 0.228 e. The smallest absolute Gasteiger partial charge is 0.228 e. The number of anilines is 2. The summed E-state index contributed by atoms with van der Waals surface area (Å²) < 4.78 is 0.